The number of benzene rings is 3. The Bertz CT molecular complexity index is 1060. The van der Waals surface area contributed by atoms with Crippen LogP contribution >= 0.6 is 0 Å². The lowest BCUT2D eigenvalue weighted by Gasteiger charge is -2.19. The lowest BCUT2D eigenvalue weighted by molar-refractivity contribution is -0.187. The summed E-state index contributed by atoms with van der Waals surface area (Å²) in [5.41, 5.74) is -0.576. The zero-order chi connectivity index (χ0) is 21.2. The molecule has 0 aromatic heterocycles. The average molecular weight is 403 g/mol. The van der Waals surface area contributed by atoms with Gasteiger partial charge in [-0.1, -0.05) is 25.1 Å². The Morgan fingerprint density at radius 1 is 0.862 bits per heavy atom. The highest BCUT2D eigenvalue weighted by Crippen LogP contribution is 2.34. The topological polar surface area (TPSA) is 33.0 Å². The maximum absolute atomic E-state index is 14.4. The predicted molar refractivity (Wildman–Crippen MR) is 96.8 cm³/mol. The van der Waals surface area contributed by atoms with Crippen LogP contribution < -0.4 is 4.74 Å². The quantitative estimate of drug-likeness (QED) is 0.466. The van der Waals surface area contributed by atoms with Crippen LogP contribution in [0.1, 0.15) is 23.6 Å². The van der Waals surface area contributed by atoms with Gasteiger partial charge in [-0.25, -0.2) is 13.2 Å². The number of ether oxygens (including phenoxy) is 1. The largest absolute Gasteiger partial charge is 0.429 e. The summed E-state index contributed by atoms with van der Waals surface area (Å²) < 4.78 is 74.9. The zero-order valence-corrected chi connectivity index (χ0v) is 15.1. The van der Waals surface area contributed by atoms with E-state index in [0.717, 1.165) is 24.3 Å². The summed E-state index contributed by atoms with van der Waals surface area (Å²) in [5, 5.41) is 8.70. The molecule has 0 aliphatic carbocycles. The first-order valence-electron chi connectivity index (χ1n) is 8.60. The van der Waals surface area contributed by atoms with E-state index in [1.807, 2.05) is 0 Å². The number of alkyl halides is 2. The second kappa shape index (κ2) is 7.92. The van der Waals surface area contributed by atoms with E-state index in [-0.39, 0.29) is 11.3 Å². The van der Waals surface area contributed by atoms with Gasteiger partial charge in [-0.15, -0.1) is 0 Å². The highest BCUT2D eigenvalue weighted by molar-refractivity contribution is 5.65. The summed E-state index contributed by atoms with van der Waals surface area (Å²) in [6, 6.07) is 11.8. The molecule has 0 fully saturated rings. The molecule has 29 heavy (non-hydrogen) atoms. The average Bonchev–Trinajstić information content (AvgIpc) is 2.67. The van der Waals surface area contributed by atoms with Crippen molar-refractivity contribution in [2.24, 2.45) is 0 Å². The normalized spacial score (nSPS) is 11.2. The van der Waals surface area contributed by atoms with Crippen LogP contribution in [0, 0.1) is 28.8 Å². The molecule has 3 aromatic carbocycles. The fraction of sp³-hybridized carbons (Fsp3) is 0.136. The van der Waals surface area contributed by atoms with Crippen molar-refractivity contribution >= 4 is 0 Å². The molecule has 0 aliphatic heterocycles. The van der Waals surface area contributed by atoms with Gasteiger partial charge >= 0.3 is 6.11 Å². The van der Waals surface area contributed by atoms with Crippen molar-refractivity contribution in [2.75, 3.05) is 0 Å². The molecule has 0 atom stereocenters. The van der Waals surface area contributed by atoms with E-state index in [1.165, 1.54) is 36.4 Å². The molecule has 3 aromatic rings. The molecule has 0 aliphatic rings. The molecule has 0 heterocycles. The van der Waals surface area contributed by atoms with Crippen LogP contribution in [0.3, 0.4) is 0 Å². The standard InChI is InChI=1S/C22H14F5NO/c1-2-13-3-8-18(21(25)9-13)22(26,27)29-16-6-4-14(5-7-16)15-10-19(23)17(12-28)20(24)11-15/h3-11H,2H2,1H3. The second-order valence-corrected chi connectivity index (χ2v) is 6.24. The van der Waals surface area contributed by atoms with Gasteiger partial charge in [0.15, 0.2) is 0 Å². The van der Waals surface area contributed by atoms with Gasteiger partial charge in [0.1, 0.15) is 34.8 Å². The number of nitrogens with zero attached hydrogens (tertiary/aromatic N) is 1. The Kier molecular flexibility index (Phi) is 5.55. The van der Waals surface area contributed by atoms with Crippen LogP contribution in [0.25, 0.3) is 11.1 Å². The van der Waals surface area contributed by atoms with Crippen molar-refractivity contribution in [3.8, 4) is 22.9 Å². The molecule has 0 bridgehead atoms. The molecule has 0 radical (unpaired) electrons. The third-order valence-electron chi connectivity index (χ3n) is 4.34. The van der Waals surface area contributed by atoms with E-state index in [9.17, 15) is 22.0 Å². The fourth-order valence-corrected chi connectivity index (χ4v) is 2.78. The molecule has 2 nitrogen and oxygen atoms in total. The van der Waals surface area contributed by atoms with Gasteiger partial charge in [0, 0.05) is 0 Å². The molecular weight excluding hydrogens is 389 g/mol. The minimum atomic E-state index is -3.91. The minimum absolute atomic E-state index is 0.124. The van der Waals surface area contributed by atoms with E-state index in [4.69, 9.17) is 5.26 Å². The molecule has 0 unspecified atom stereocenters. The van der Waals surface area contributed by atoms with Crippen LogP contribution in [-0.2, 0) is 12.5 Å². The Hall–Kier alpha value is -3.40. The second-order valence-electron chi connectivity index (χ2n) is 6.24. The van der Waals surface area contributed by atoms with Crippen LogP contribution in [0.2, 0.25) is 0 Å². The lowest BCUT2D eigenvalue weighted by atomic mass is 10.0. The molecule has 0 N–H and O–H groups in total. The fourth-order valence-electron chi connectivity index (χ4n) is 2.78. The first kappa shape index (κ1) is 20.3. The maximum atomic E-state index is 14.4. The van der Waals surface area contributed by atoms with Crippen LogP contribution in [0.4, 0.5) is 22.0 Å². The van der Waals surface area contributed by atoms with Crippen molar-refractivity contribution in [3.63, 3.8) is 0 Å². The number of aryl methyl sites for hydroxylation is 1. The minimum Gasteiger partial charge on any atom is -0.429 e. The van der Waals surface area contributed by atoms with Crippen molar-refractivity contribution in [1.82, 2.24) is 0 Å². The van der Waals surface area contributed by atoms with E-state index in [1.54, 1.807) is 6.92 Å². The Morgan fingerprint density at radius 2 is 1.48 bits per heavy atom. The van der Waals surface area contributed by atoms with E-state index >= 15 is 0 Å². The molecule has 0 saturated carbocycles. The van der Waals surface area contributed by atoms with Gasteiger partial charge in [-0.05, 0) is 59.5 Å². The van der Waals surface area contributed by atoms with Crippen molar-refractivity contribution < 1.29 is 26.7 Å². The third-order valence-corrected chi connectivity index (χ3v) is 4.34. The number of hydrogen-bond acceptors (Lipinski definition) is 2. The first-order chi connectivity index (χ1) is 13.7. The van der Waals surface area contributed by atoms with E-state index in [2.05, 4.69) is 4.74 Å². The zero-order valence-electron chi connectivity index (χ0n) is 15.1. The summed E-state index contributed by atoms with van der Waals surface area (Å²) >= 11 is 0. The third kappa shape index (κ3) is 4.21. The number of rotatable bonds is 5. The van der Waals surface area contributed by atoms with Crippen molar-refractivity contribution in [3.05, 3.63) is 88.7 Å². The molecule has 0 spiro atoms. The van der Waals surface area contributed by atoms with Gasteiger partial charge in [-0.3, -0.25) is 0 Å². The first-order valence-corrected chi connectivity index (χ1v) is 8.60. The molecule has 0 saturated heterocycles. The maximum Gasteiger partial charge on any atom is 0.429 e. The van der Waals surface area contributed by atoms with Gasteiger partial charge in [0.2, 0.25) is 0 Å². The van der Waals surface area contributed by atoms with E-state index < -0.39 is 34.7 Å². The summed E-state index contributed by atoms with van der Waals surface area (Å²) in [6.45, 7) is 1.77. The summed E-state index contributed by atoms with van der Waals surface area (Å²) in [4.78, 5) is 0. The SMILES string of the molecule is CCc1ccc(C(F)(F)Oc2ccc(-c3cc(F)c(C#N)c(F)c3)cc2)c(F)c1. The summed E-state index contributed by atoms with van der Waals surface area (Å²) in [6.07, 6.45) is -3.41. The van der Waals surface area contributed by atoms with Crippen LogP contribution in [0.5, 0.6) is 5.75 Å². The van der Waals surface area contributed by atoms with Crippen molar-refractivity contribution in [2.45, 2.75) is 19.5 Å². The smallest absolute Gasteiger partial charge is 0.429 e. The molecule has 0 amide bonds. The Labute approximate surface area is 163 Å². The van der Waals surface area contributed by atoms with Gasteiger partial charge in [-0.2, -0.15) is 14.0 Å². The number of halogens is 5. The molecular formula is C22H14F5NO. The Balaban J connectivity index is 1.85. The highest BCUT2D eigenvalue weighted by atomic mass is 19.3. The molecule has 148 valence electrons. The predicted octanol–water partition coefficient (Wildman–Crippen LogP) is 6.33. The Morgan fingerprint density at radius 3 is 2.00 bits per heavy atom. The highest BCUT2D eigenvalue weighted by Gasteiger charge is 2.37. The summed E-state index contributed by atoms with van der Waals surface area (Å²) in [7, 11) is 0. The van der Waals surface area contributed by atoms with E-state index in [0.29, 0.717) is 17.5 Å². The van der Waals surface area contributed by atoms with Crippen molar-refractivity contribution in [1.29, 1.82) is 5.26 Å². The monoisotopic (exact) mass is 403 g/mol. The number of hydrogen-bond donors (Lipinski definition) is 0. The van der Waals surface area contributed by atoms with Crippen LogP contribution in [0.15, 0.2) is 54.6 Å². The number of nitriles is 1. The lowest BCUT2D eigenvalue weighted by Crippen LogP contribution is -2.23. The summed E-state index contributed by atoms with van der Waals surface area (Å²) in [5.74, 6) is -3.39. The molecule has 7 heteroatoms. The van der Waals surface area contributed by atoms with Crippen LogP contribution in [-0.4, -0.2) is 0 Å². The molecule has 3 rings (SSSR count). The van der Waals surface area contributed by atoms with Gasteiger partial charge in [0.05, 0.1) is 5.56 Å². The van der Waals surface area contributed by atoms with Gasteiger partial charge in [0.25, 0.3) is 0 Å². The van der Waals surface area contributed by atoms with Gasteiger partial charge < -0.3 is 4.74 Å².